The fraction of sp³-hybridized carbons (Fsp3) is 0.259. The molecule has 9 nitrogen and oxygen atoms in total. The first kappa shape index (κ1) is 26.2. The number of benzene rings is 2. The van der Waals surface area contributed by atoms with Crippen molar-refractivity contribution < 1.29 is 28.2 Å². The molecule has 1 amide bonds. The van der Waals surface area contributed by atoms with Gasteiger partial charge in [-0.05, 0) is 48.4 Å². The standard InChI is InChI=1S/C27H26N2O7/c1-3-4-12-34-21-8-5-18(6-9-21)14-20(17-28)26(31)35-22-10-7-19-15-23(25(30)29-11-13-33-2)27(32)36-24(19)16-22/h5-10,14-16H,3-4,11-13H2,1-2H3,(H,29,30)/b20-14+. The van der Waals surface area contributed by atoms with E-state index in [1.807, 2.05) is 6.07 Å². The van der Waals surface area contributed by atoms with Crippen LogP contribution in [0, 0.1) is 11.3 Å². The zero-order valence-electron chi connectivity index (χ0n) is 20.0. The number of amides is 1. The number of carbonyl (C=O) groups excluding carboxylic acids is 2. The Bertz CT molecular complexity index is 1350. The Morgan fingerprint density at radius 1 is 1.08 bits per heavy atom. The van der Waals surface area contributed by atoms with E-state index in [-0.39, 0.29) is 29.0 Å². The maximum absolute atomic E-state index is 12.6. The van der Waals surface area contributed by atoms with Gasteiger partial charge in [0.25, 0.3) is 5.91 Å². The molecule has 1 aromatic heterocycles. The molecule has 0 aliphatic rings. The Labute approximate surface area is 207 Å². The Morgan fingerprint density at radius 3 is 2.53 bits per heavy atom. The first-order valence-electron chi connectivity index (χ1n) is 11.4. The molecule has 0 bridgehead atoms. The molecule has 3 aromatic rings. The molecule has 0 saturated heterocycles. The highest BCUT2D eigenvalue weighted by Crippen LogP contribution is 2.22. The van der Waals surface area contributed by atoms with Gasteiger partial charge in [0.15, 0.2) is 0 Å². The van der Waals surface area contributed by atoms with Crippen LogP contribution in [0.2, 0.25) is 0 Å². The van der Waals surface area contributed by atoms with Crippen LogP contribution in [0.5, 0.6) is 11.5 Å². The van der Waals surface area contributed by atoms with Gasteiger partial charge in [0.2, 0.25) is 0 Å². The number of fused-ring (bicyclic) bond motifs is 1. The number of nitriles is 1. The highest BCUT2D eigenvalue weighted by atomic mass is 16.5. The Balaban J connectivity index is 1.72. The number of esters is 1. The van der Waals surface area contributed by atoms with E-state index in [2.05, 4.69) is 12.2 Å². The van der Waals surface area contributed by atoms with Crippen molar-refractivity contribution in [1.29, 1.82) is 5.26 Å². The van der Waals surface area contributed by atoms with Crippen molar-refractivity contribution in [2.24, 2.45) is 0 Å². The number of rotatable bonds is 11. The predicted molar refractivity (Wildman–Crippen MR) is 133 cm³/mol. The molecule has 0 fully saturated rings. The molecule has 186 valence electrons. The van der Waals surface area contributed by atoms with Crippen LogP contribution in [0.3, 0.4) is 0 Å². The maximum Gasteiger partial charge on any atom is 0.354 e. The van der Waals surface area contributed by atoms with Crippen molar-refractivity contribution in [2.45, 2.75) is 19.8 Å². The van der Waals surface area contributed by atoms with E-state index >= 15 is 0 Å². The molecule has 0 aliphatic heterocycles. The summed E-state index contributed by atoms with van der Waals surface area (Å²) in [7, 11) is 1.50. The van der Waals surface area contributed by atoms with Crippen molar-refractivity contribution >= 4 is 28.9 Å². The fourth-order valence-electron chi connectivity index (χ4n) is 3.14. The van der Waals surface area contributed by atoms with E-state index < -0.39 is 17.5 Å². The molecule has 36 heavy (non-hydrogen) atoms. The Hall–Kier alpha value is -4.42. The molecule has 3 rings (SSSR count). The van der Waals surface area contributed by atoms with E-state index in [1.54, 1.807) is 30.3 Å². The molecule has 2 aromatic carbocycles. The van der Waals surface area contributed by atoms with Crippen LogP contribution in [-0.4, -0.2) is 38.7 Å². The summed E-state index contributed by atoms with van der Waals surface area (Å²) in [5, 5.41) is 12.5. The minimum Gasteiger partial charge on any atom is -0.494 e. The number of methoxy groups -OCH3 is 1. The van der Waals surface area contributed by atoms with Crippen LogP contribution in [0.4, 0.5) is 0 Å². The summed E-state index contributed by atoms with van der Waals surface area (Å²) in [6.45, 7) is 3.25. The normalized spacial score (nSPS) is 11.1. The van der Waals surface area contributed by atoms with Crippen molar-refractivity contribution in [3.63, 3.8) is 0 Å². The number of ether oxygens (including phenoxy) is 3. The molecule has 1 N–H and O–H groups in total. The van der Waals surface area contributed by atoms with Crippen molar-refractivity contribution in [2.75, 3.05) is 26.9 Å². The first-order chi connectivity index (χ1) is 17.4. The third-order valence-corrected chi connectivity index (χ3v) is 5.05. The highest BCUT2D eigenvalue weighted by Gasteiger charge is 2.16. The molecule has 0 atom stereocenters. The minimum atomic E-state index is -0.864. The summed E-state index contributed by atoms with van der Waals surface area (Å²) < 4.78 is 21.0. The van der Waals surface area contributed by atoms with Crippen LogP contribution in [0.25, 0.3) is 17.0 Å². The van der Waals surface area contributed by atoms with Crippen molar-refractivity contribution in [1.82, 2.24) is 5.32 Å². The number of hydrogen-bond acceptors (Lipinski definition) is 8. The van der Waals surface area contributed by atoms with Crippen LogP contribution in [0.15, 0.2) is 63.3 Å². The number of carbonyl (C=O) groups is 2. The van der Waals surface area contributed by atoms with Crippen molar-refractivity contribution in [3.8, 4) is 17.6 Å². The average Bonchev–Trinajstić information content (AvgIpc) is 2.87. The van der Waals surface area contributed by atoms with Crippen molar-refractivity contribution in [3.05, 3.63) is 75.7 Å². The van der Waals surface area contributed by atoms with E-state index in [9.17, 15) is 19.6 Å². The van der Waals surface area contributed by atoms with E-state index in [0.717, 1.165) is 12.8 Å². The average molecular weight is 491 g/mol. The highest BCUT2D eigenvalue weighted by molar-refractivity contribution is 5.99. The lowest BCUT2D eigenvalue weighted by Crippen LogP contribution is -2.30. The van der Waals surface area contributed by atoms with Gasteiger partial charge >= 0.3 is 11.6 Å². The second kappa shape index (κ2) is 12.9. The molecule has 0 unspecified atom stereocenters. The SMILES string of the molecule is CCCCOc1ccc(/C=C(\C#N)C(=O)Oc2ccc3cc(C(=O)NCCOC)c(=O)oc3c2)cc1. The van der Waals surface area contributed by atoms with E-state index in [1.165, 1.54) is 31.4 Å². The van der Waals surface area contributed by atoms with Crippen LogP contribution in [0.1, 0.15) is 35.7 Å². The molecule has 1 heterocycles. The zero-order valence-corrected chi connectivity index (χ0v) is 20.0. The number of unbranched alkanes of at least 4 members (excludes halogenated alkanes) is 1. The summed E-state index contributed by atoms with van der Waals surface area (Å²) in [6, 6.07) is 14.6. The Morgan fingerprint density at radius 2 is 1.83 bits per heavy atom. The number of hydrogen-bond donors (Lipinski definition) is 1. The molecule has 0 aliphatic carbocycles. The lowest BCUT2D eigenvalue weighted by Gasteiger charge is -2.07. The van der Waals surface area contributed by atoms with Gasteiger partial charge in [-0.3, -0.25) is 4.79 Å². The molecular formula is C27H26N2O7. The van der Waals surface area contributed by atoms with E-state index in [0.29, 0.717) is 29.9 Å². The third kappa shape index (κ3) is 7.04. The molecular weight excluding hydrogens is 464 g/mol. The van der Waals surface area contributed by atoms with Gasteiger partial charge in [0, 0.05) is 25.1 Å². The van der Waals surface area contributed by atoms with Gasteiger partial charge in [-0.1, -0.05) is 25.5 Å². The zero-order chi connectivity index (χ0) is 25.9. The molecule has 0 spiro atoms. The second-order valence-electron chi connectivity index (χ2n) is 7.73. The largest absolute Gasteiger partial charge is 0.494 e. The Kier molecular flexibility index (Phi) is 9.37. The third-order valence-electron chi connectivity index (χ3n) is 5.05. The molecule has 9 heteroatoms. The smallest absolute Gasteiger partial charge is 0.354 e. The van der Waals surface area contributed by atoms with Gasteiger partial charge in [0.1, 0.15) is 34.3 Å². The summed E-state index contributed by atoms with van der Waals surface area (Å²) >= 11 is 0. The molecule has 0 radical (unpaired) electrons. The summed E-state index contributed by atoms with van der Waals surface area (Å²) in [5.74, 6) is -0.664. The lowest BCUT2D eigenvalue weighted by molar-refractivity contribution is -0.129. The van der Waals surface area contributed by atoms with Gasteiger partial charge in [0.05, 0.1) is 13.2 Å². The monoisotopic (exact) mass is 490 g/mol. The lowest BCUT2D eigenvalue weighted by atomic mass is 10.1. The topological polar surface area (TPSA) is 128 Å². The van der Waals surface area contributed by atoms with Crippen LogP contribution in [-0.2, 0) is 9.53 Å². The number of nitrogens with one attached hydrogen (secondary N) is 1. The van der Waals surface area contributed by atoms with Crippen LogP contribution >= 0.6 is 0 Å². The summed E-state index contributed by atoms with van der Waals surface area (Å²) in [5.41, 5.74) is -0.438. The maximum atomic E-state index is 12.6. The van der Waals surface area contributed by atoms with Gasteiger partial charge in [-0.2, -0.15) is 5.26 Å². The van der Waals surface area contributed by atoms with E-state index in [4.69, 9.17) is 18.6 Å². The van der Waals surface area contributed by atoms with Crippen LogP contribution < -0.4 is 20.4 Å². The second-order valence-corrected chi connectivity index (χ2v) is 7.73. The van der Waals surface area contributed by atoms with Gasteiger partial charge in [-0.15, -0.1) is 0 Å². The molecule has 0 saturated carbocycles. The summed E-state index contributed by atoms with van der Waals surface area (Å²) in [6.07, 6.45) is 3.40. The van der Waals surface area contributed by atoms with Gasteiger partial charge in [-0.25, -0.2) is 9.59 Å². The summed E-state index contributed by atoms with van der Waals surface area (Å²) in [4.78, 5) is 37.0. The fourth-order valence-corrected chi connectivity index (χ4v) is 3.14. The number of nitrogens with zero attached hydrogens (tertiary/aromatic N) is 1. The quantitative estimate of drug-likeness (QED) is 0.107. The first-order valence-corrected chi connectivity index (χ1v) is 11.4. The minimum absolute atomic E-state index is 0.0776. The predicted octanol–water partition coefficient (Wildman–Crippen LogP) is 3.86. The van der Waals surface area contributed by atoms with Gasteiger partial charge < -0.3 is 23.9 Å².